The van der Waals surface area contributed by atoms with Gasteiger partial charge in [0, 0.05) is 0 Å². The fourth-order valence-electron chi connectivity index (χ4n) is 3.15. The number of carbonyl (C=O) groups is 1. The lowest BCUT2D eigenvalue weighted by atomic mass is 10.1. The van der Waals surface area contributed by atoms with Crippen LogP contribution in [0, 0.1) is 5.92 Å². The lowest BCUT2D eigenvalue weighted by molar-refractivity contribution is -0.134. The third-order valence-corrected chi connectivity index (χ3v) is 5.77. The molecule has 0 saturated carbocycles. The van der Waals surface area contributed by atoms with Crippen LogP contribution in [0.3, 0.4) is 0 Å². The fourth-order valence-corrected chi connectivity index (χ4v) is 3.20. The van der Waals surface area contributed by atoms with E-state index in [9.17, 15) is 4.79 Å². The second-order valence-electron chi connectivity index (χ2n) is 8.09. The second kappa shape index (κ2) is 13.3. The second-order valence-corrected chi connectivity index (χ2v) is 8.56. The third kappa shape index (κ3) is 8.39. The van der Waals surface area contributed by atoms with E-state index in [4.69, 9.17) is 21.1 Å². The predicted octanol–water partition coefficient (Wildman–Crippen LogP) is 7.65. The van der Waals surface area contributed by atoms with Gasteiger partial charge >= 0.3 is 5.97 Å². The van der Waals surface area contributed by atoms with Crippen LogP contribution in [0.4, 0.5) is 0 Å². The maximum atomic E-state index is 12.0. The van der Waals surface area contributed by atoms with Crippen molar-refractivity contribution in [2.75, 3.05) is 6.61 Å². The van der Waals surface area contributed by atoms with Crippen molar-refractivity contribution in [3.05, 3.63) is 48.5 Å². The van der Waals surface area contributed by atoms with E-state index >= 15 is 0 Å². The van der Waals surface area contributed by atoms with Crippen molar-refractivity contribution >= 4 is 17.6 Å². The summed E-state index contributed by atoms with van der Waals surface area (Å²) in [5.41, 5.74) is 2.15. The van der Waals surface area contributed by atoms with Gasteiger partial charge in [-0.15, -0.1) is 11.6 Å². The highest BCUT2D eigenvalue weighted by atomic mass is 35.5. The van der Waals surface area contributed by atoms with E-state index in [0.29, 0.717) is 5.75 Å². The number of alkyl halides is 1. The van der Waals surface area contributed by atoms with Gasteiger partial charge in [-0.3, -0.25) is 4.79 Å². The Kier molecular flexibility index (Phi) is 10.8. The number of benzene rings is 2. The Hall–Kier alpha value is -2.00. The quantitative estimate of drug-likeness (QED) is 0.142. The van der Waals surface area contributed by atoms with Crippen molar-refractivity contribution in [3.8, 4) is 22.6 Å². The van der Waals surface area contributed by atoms with Crippen LogP contribution in [0.25, 0.3) is 11.1 Å². The van der Waals surface area contributed by atoms with Gasteiger partial charge < -0.3 is 9.47 Å². The summed E-state index contributed by atoms with van der Waals surface area (Å²) in [6, 6.07) is 15.6. The van der Waals surface area contributed by atoms with Crippen molar-refractivity contribution in [1.82, 2.24) is 0 Å². The van der Waals surface area contributed by atoms with Gasteiger partial charge in [0.05, 0.1) is 6.61 Å². The number of hydrogen-bond donors (Lipinski definition) is 0. The molecule has 0 spiro atoms. The van der Waals surface area contributed by atoms with Crippen LogP contribution in [0.15, 0.2) is 48.5 Å². The molecule has 0 N–H and O–H groups in total. The molecule has 1 unspecified atom stereocenters. The summed E-state index contributed by atoms with van der Waals surface area (Å²) in [6.07, 6.45) is 8.98. The molecule has 164 valence electrons. The van der Waals surface area contributed by atoms with Gasteiger partial charge in [0.25, 0.3) is 0 Å². The maximum absolute atomic E-state index is 12.0. The summed E-state index contributed by atoms with van der Waals surface area (Å²) in [5, 5.41) is -0.640. The molecule has 30 heavy (non-hydrogen) atoms. The zero-order chi connectivity index (χ0) is 21.8. The first-order valence-electron chi connectivity index (χ1n) is 11.2. The number of esters is 1. The molecule has 2 rings (SSSR count). The zero-order valence-electron chi connectivity index (χ0n) is 18.5. The van der Waals surface area contributed by atoms with Crippen LogP contribution in [0.5, 0.6) is 11.5 Å². The molecule has 3 nitrogen and oxygen atoms in total. The smallest absolute Gasteiger partial charge is 0.329 e. The highest BCUT2D eigenvalue weighted by Crippen LogP contribution is 2.25. The molecule has 0 fully saturated rings. The van der Waals surface area contributed by atoms with E-state index in [2.05, 4.69) is 19.1 Å². The summed E-state index contributed by atoms with van der Waals surface area (Å²) in [4.78, 5) is 12.0. The van der Waals surface area contributed by atoms with Crippen molar-refractivity contribution in [2.45, 2.75) is 71.1 Å². The van der Waals surface area contributed by atoms with Crippen LogP contribution in [0.1, 0.15) is 65.7 Å². The van der Waals surface area contributed by atoms with E-state index in [1.54, 1.807) is 12.1 Å². The first kappa shape index (κ1) is 24.3. The topological polar surface area (TPSA) is 35.5 Å². The van der Waals surface area contributed by atoms with Crippen molar-refractivity contribution in [3.63, 3.8) is 0 Å². The largest absolute Gasteiger partial charge is 0.494 e. The molecule has 1 atom stereocenters. The van der Waals surface area contributed by atoms with Crippen LogP contribution < -0.4 is 9.47 Å². The highest BCUT2D eigenvalue weighted by molar-refractivity contribution is 6.30. The number of rotatable bonds is 13. The standard InChI is InChI=1S/C26H35ClO3/c1-4-5-6-7-8-9-10-19-29-23-15-11-21(12-16-23)22-13-17-24(18-14-22)30-26(28)25(27)20(2)3/h11-18,20,25H,4-10,19H2,1-3H3. The lowest BCUT2D eigenvalue weighted by Gasteiger charge is -2.12. The first-order valence-corrected chi connectivity index (χ1v) is 11.6. The minimum Gasteiger partial charge on any atom is -0.494 e. The van der Waals surface area contributed by atoms with Gasteiger partial charge in [-0.2, -0.15) is 0 Å². The SMILES string of the molecule is CCCCCCCCCOc1ccc(-c2ccc(OC(=O)C(Cl)C(C)C)cc2)cc1. The maximum Gasteiger partial charge on any atom is 0.329 e. The molecule has 4 heteroatoms. The van der Waals surface area contributed by atoms with Crippen molar-refractivity contribution in [2.24, 2.45) is 5.92 Å². The van der Waals surface area contributed by atoms with Gasteiger partial charge in [-0.25, -0.2) is 0 Å². The number of halogens is 1. The van der Waals surface area contributed by atoms with E-state index in [1.165, 1.54) is 38.5 Å². The third-order valence-electron chi connectivity index (χ3n) is 5.09. The molecule has 0 aliphatic heterocycles. The average molecular weight is 431 g/mol. The molecule has 2 aromatic rings. The highest BCUT2D eigenvalue weighted by Gasteiger charge is 2.21. The average Bonchev–Trinajstić information content (AvgIpc) is 2.76. The Balaban J connectivity index is 1.77. The molecular weight excluding hydrogens is 396 g/mol. The van der Waals surface area contributed by atoms with Crippen molar-refractivity contribution < 1.29 is 14.3 Å². The summed E-state index contributed by atoms with van der Waals surface area (Å²) in [6.45, 7) is 6.80. The molecule has 2 aromatic carbocycles. The minimum absolute atomic E-state index is 0.0324. The van der Waals surface area contributed by atoms with E-state index in [1.807, 2.05) is 38.1 Å². The predicted molar refractivity (Wildman–Crippen MR) is 125 cm³/mol. The van der Waals surface area contributed by atoms with E-state index < -0.39 is 11.3 Å². The van der Waals surface area contributed by atoms with Gasteiger partial charge in [-0.05, 0) is 47.7 Å². The molecule has 0 heterocycles. The lowest BCUT2D eigenvalue weighted by Crippen LogP contribution is -2.25. The van der Waals surface area contributed by atoms with Crippen molar-refractivity contribution in [1.29, 1.82) is 0 Å². The Morgan fingerprint density at radius 1 is 0.800 bits per heavy atom. The van der Waals surface area contributed by atoms with E-state index in [-0.39, 0.29) is 5.92 Å². The summed E-state index contributed by atoms with van der Waals surface area (Å²) in [5.74, 6) is 1.02. The Morgan fingerprint density at radius 2 is 1.30 bits per heavy atom. The van der Waals surface area contributed by atoms with Gasteiger partial charge in [0.15, 0.2) is 0 Å². The molecule has 0 amide bonds. The fraction of sp³-hybridized carbons (Fsp3) is 0.500. The monoisotopic (exact) mass is 430 g/mol. The summed E-state index contributed by atoms with van der Waals surface area (Å²) in [7, 11) is 0. The normalized spacial score (nSPS) is 12.0. The summed E-state index contributed by atoms with van der Waals surface area (Å²) >= 11 is 6.05. The van der Waals surface area contributed by atoms with Crippen LogP contribution >= 0.6 is 11.6 Å². The Bertz CT molecular complexity index is 738. The summed E-state index contributed by atoms with van der Waals surface area (Å²) < 4.78 is 11.2. The van der Waals surface area contributed by atoms with Gasteiger partial charge in [-0.1, -0.05) is 83.6 Å². The molecular formula is C26H35ClO3. The number of ether oxygens (including phenoxy) is 2. The van der Waals surface area contributed by atoms with Gasteiger partial charge in [0.1, 0.15) is 16.9 Å². The Labute approximate surface area is 186 Å². The minimum atomic E-state index is -0.640. The molecule has 0 aliphatic rings. The number of unbranched alkanes of at least 4 members (excludes halogenated alkanes) is 6. The number of carbonyl (C=O) groups excluding carboxylic acids is 1. The Morgan fingerprint density at radius 3 is 1.83 bits per heavy atom. The molecule has 0 radical (unpaired) electrons. The number of hydrogen-bond acceptors (Lipinski definition) is 3. The molecule has 0 saturated heterocycles. The van der Waals surface area contributed by atoms with Crippen LogP contribution in [0.2, 0.25) is 0 Å². The zero-order valence-corrected chi connectivity index (χ0v) is 19.3. The molecule has 0 bridgehead atoms. The molecule has 0 aliphatic carbocycles. The van der Waals surface area contributed by atoms with Crippen LogP contribution in [-0.2, 0) is 4.79 Å². The first-order chi connectivity index (χ1) is 14.5. The van der Waals surface area contributed by atoms with E-state index in [0.717, 1.165) is 29.9 Å². The molecule has 0 aromatic heterocycles. The van der Waals surface area contributed by atoms with Gasteiger partial charge in [0.2, 0.25) is 0 Å². The van der Waals surface area contributed by atoms with Crippen LogP contribution in [-0.4, -0.2) is 18.0 Å².